The third-order valence-corrected chi connectivity index (χ3v) is 3.84. The zero-order chi connectivity index (χ0) is 14.1. The molecule has 0 bridgehead atoms. The summed E-state index contributed by atoms with van der Waals surface area (Å²) in [5, 5.41) is 8.09. The molecule has 1 saturated heterocycles. The number of halogens is 1. The molecule has 0 radical (unpaired) electrons. The zero-order valence-electron chi connectivity index (χ0n) is 11.7. The maximum absolute atomic E-state index is 13.7. The molecule has 0 spiro atoms. The summed E-state index contributed by atoms with van der Waals surface area (Å²) < 4.78 is 19.4. The summed E-state index contributed by atoms with van der Waals surface area (Å²) in [7, 11) is 0. The van der Waals surface area contributed by atoms with Crippen LogP contribution in [0.15, 0.2) is 28.7 Å². The van der Waals surface area contributed by atoms with Crippen molar-refractivity contribution in [3.8, 4) is 11.5 Å². The van der Waals surface area contributed by atoms with Gasteiger partial charge >= 0.3 is 0 Å². The van der Waals surface area contributed by atoms with E-state index in [2.05, 4.69) is 28.9 Å². The number of nitrogens with zero attached hydrogens (tertiary/aromatic N) is 3. The molecule has 2 aromatic rings. The Morgan fingerprint density at radius 3 is 2.80 bits per heavy atom. The first-order valence-corrected chi connectivity index (χ1v) is 6.97. The standard InChI is InChI=1S/C15H18FN3O/c1-10(2)19-8-7-11(9-19)14-17-18-15(20-14)12-5-3-4-6-13(12)16/h3-6,10-11H,7-9H2,1-2H3. The highest BCUT2D eigenvalue weighted by molar-refractivity contribution is 5.53. The molecule has 0 saturated carbocycles. The van der Waals surface area contributed by atoms with E-state index in [0.29, 0.717) is 17.5 Å². The Kier molecular flexibility index (Phi) is 3.53. The predicted octanol–water partition coefficient (Wildman–Crippen LogP) is 3.07. The molecule has 1 aromatic heterocycles. The van der Waals surface area contributed by atoms with E-state index < -0.39 is 0 Å². The summed E-state index contributed by atoms with van der Waals surface area (Å²) in [5.74, 6) is 0.802. The normalized spacial score (nSPS) is 19.9. The van der Waals surface area contributed by atoms with Crippen LogP contribution in [0.25, 0.3) is 11.5 Å². The van der Waals surface area contributed by atoms with Gasteiger partial charge in [-0.3, -0.25) is 0 Å². The van der Waals surface area contributed by atoms with Crippen molar-refractivity contribution in [1.29, 1.82) is 0 Å². The van der Waals surface area contributed by atoms with Crippen LogP contribution >= 0.6 is 0 Å². The molecule has 1 fully saturated rings. The van der Waals surface area contributed by atoms with Gasteiger partial charge < -0.3 is 9.32 Å². The van der Waals surface area contributed by atoms with E-state index >= 15 is 0 Å². The molecule has 1 unspecified atom stereocenters. The van der Waals surface area contributed by atoms with Crippen LogP contribution in [0.1, 0.15) is 32.1 Å². The van der Waals surface area contributed by atoms with E-state index in [1.165, 1.54) is 6.07 Å². The van der Waals surface area contributed by atoms with E-state index in [1.54, 1.807) is 18.2 Å². The molecule has 1 aliphatic heterocycles. The number of rotatable bonds is 3. The van der Waals surface area contributed by atoms with Crippen LogP contribution < -0.4 is 0 Å². The number of aromatic nitrogens is 2. The minimum atomic E-state index is -0.335. The fourth-order valence-electron chi connectivity index (χ4n) is 2.60. The average Bonchev–Trinajstić information content (AvgIpc) is 3.08. The molecule has 5 heteroatoms. The van der Waals surface area contributed by atoms with E-state index in [-0.39, 0.29) is 17.6 Å². The molecular weight excluding hydrogens is 257 g/mol. The Balaban J connectivity index is 1.80. The smallest absolute Gasteiger partial charge is 0.250 e. The monoisotopic (exact) mass is 275 g/mol. The second-order valence-electron chi connectivity index (χ2n) is 5.50. The van der Waals surface area contributed by atoms with Gasteiger partial charge in [0, 0.05) is 12.6 Å². The summed E-state index contributed by atoms with van der Waals surface area (Å²) in [6.07, 6.45) is 1.01. The summed E-state index contributed by atoms with van der Waals surface area (Å²) in [6, 6.07) is 6.98. The van der Waals surface area contributed by atoms with Gasteiger partial charge in [0.25, 0.3) is 5.89 Å². The Hall–Kier alpha value is -1.75. The molecular formula is C15H18FN3O. The van der Waals surface area contributed by atoms with Gasteiger partial charge in [0.1, 0.15) is 5.82 Å². The van der Waals surface area contributed by atoms with Crippen molar-refractivity contribution < 1.29 is 8.81 Å². The fraction of sp³-hybridized carbons (Fsp3) is 0.467. The van der Waals surface area contributed by atoms with Gasteiger partial charge in [-0.05, 0) is 38.9 Å². The Morgan fingerprint density at radius 1 is 1.30 bits per heavy atom. The second kappa shape index (κ2) is 5.32. The van der Waals surface area contributed by atoms with Crippen molar-refractivity contribution in [2.45, 2.75) is 32.2 Å². The number of hydrogen-bond donors (Lipinski definition) is 0. The van der Waals surface area contributed by atoms with E-state index in [9.17, 15) is 4.39 Å². The molecule has 0 amide bonds. The third-order valence-electron chi connectivity index (χ3n) is 3.84. The number of hydrogen-bond acceptors (Lipinski definition) is 4. The van der Waals surface area contributed by atoms with Gasteiger partial charge in [-0.2, -0.15) is 0 Å². The van der Waals surface area contributed by atoms with Crippen LogP contribution in [0, 0.1) is 5.82 Å². The van der Waals surface area contributed by atoms with Crippen LogP contribution in [0.3, 0.4) is 0 Å². The Labute approximate surface area is 117 Å². The molecule has 1 atom stereocenters. The number of likely N-dealkylation sites (tertiary alicyclic amines) is 1. The topological polar surface area (TPSA) is 42.2 Å². The predicted molar refractivity (Wildman–Crippen MR) is 73.8 cm³/mol. The molecule has 106 valence electrons. The zero-order valence-corrected chi connectivity index (χ0v) is 11.7. The SMILES string of the molecule is CC(C)N1CCC(c2nnc(-c3ccccc3F)o2)C1. The van der Waals surface area contributed by atoms with Crippen molar-refractivity contribution in [3.05, 3.63) is 36.0 Å². The van der Waals surface area contributed by atoms with Gasteiger partial charge in [-0.1, -0.05) is 12.1 Å². The highest BCUT2D eigenvalue weighted by Crippen LogP contribution is 2.30. The molecule has 0 aliphatic carbocycles. The minimum Gasteiger partial charge on any atom is -0.420 e. The van der Waals surface area contributed by atoms with Crippen LogP contribution in [0.2, 0.25) is 0 Å². The lowest BCUT2D eigenvalue weighted by molar-refractivity contribution is 0.269. The molecule has 3 rings (SSSR count). The highest BCUT2D eigenvalue weighted by Gasteiger charge is 2.29. The van der Waals surface area contributed by atoms with Gasteiger partial charge in [0.2, 0.25) is 5.89 Å². The van der Waals surface area contributed by atoms with Gasteiger partial charge in [0.15, 0.2) is 0 Å². The van der Waals surface area contributed by atoms with Crippen molar-refractivity contribution >= 4 is 0 Å². The van der Waals surface area contributed by atoms with Crippen molar-refractivity contribution in [3.63, 3.8) is 0 Å². The van der Waals surface area contributed by atoms with Crippen LogP contribution in [-0.2, 0) is 0 Å². The quantitative estimate of drug-likeness (QED) is 0.863. The summed E-state index contributed by atoms with van der Waals surface area (Å²) in [5.41, 5.74) is 0.366. The van der Waals surface area contributed by atoms with Crippen LogP contribution in [0.5, 0.6) is 0 Å². The summed E-state index contributed by atoms with van der Waals surface area (Å²) in [6.45, 7) is 6.33. The van der Waals surface area contributed by atoms with E-state index in [4.69, 9.17) is 4.42 Å². The number of benzene rings is 1. The van der Waals surface area contributed by atoms with E-state index in [1.807, 2.05) is 0 Å². The lowest BCUT2D eigenvalue weighted by Gasteiger charge is -2.19. The fourth-order valence-corrected chi connectivity index (χ4v) is 2.60. The molecule has 0 N–H and O–H groups in total. The lowest BCUT2D eigenvalue weighted by atomic mass is 10.1. The Bertz CT molecular complexity index is 596. The summed E-state index contributed by atoms with van der Waals surface area (Å²) in [4.78, 5) is 2.39. The van der Waals surface area contributed by atoms with Crippen molar-refractivity contribution in [2.75, 3.05) is 13.1 Å². The largest absolute Gasteiger partial charge is 0.420 e. The first kappa shape index (κ1) is 13.2. The van der Waals surface area contributed by atoms with Gasteiger partial charge in [-0.25, -0.2) is 4.39 Å². The third kappa shape index (κ3) is 2.45. The first-order chi connectivity index (χ1) is 9.65. The maximum Gasteiger partial charge on any atom is 0.250 e. The maximum atomic E-state index is 13.7. The van der Waals surface area contributed by atoms with E-state index in [0.717, 1.165) is 19.5 Å². The first-order valence-electron chi connectivity index (χ1n) is 6.97. The molecule has 2 heterocycles. The van der Waals surface area contributed by atoms with Crippen LogP contribution in [0.4, 0.5) is 4.39 Å². The highest BCUT2D eigenvalue weighted by atomic mass is 19.1. The lowest BCUT2D eigenvalue weighted by Crippen LogP contribution is -2.27. The second-order valence-corrected chi connectivity index (χ2v) is 5.50. The van der Waals surface area contributed by atoms with Crippen LogP contribution in [-0.4, -0.2) is 34.2 Å². The van der Waals surface area contributed by atoms with Crippen molar-refractivity contribution in [1.82, 2.24) is 15.1 Å². The molecule has 4 nitrogen and oxygen atoms in total. The van der Waals surface area contributed by atoms with Crippen molar-refractivity contribution in [2.24, 2.45) is 0 Å². The minimum absolute atomic E-state index is 0.255. The molecule has 20 heavy (non-hydrogen) atoms. The molecule has 1 aromatic carbocycles. The summed E-state index contributed by atoms with van der Waals surface area (Å²) >= 11 is 0. The Morgan fingerprint density at radius 2 is 2.10 bits per heavy atom. The van der Waals surface area contributed by atoms with Gasteiger partial charge in [0.05, 0.1) is 11.5 Å². The molecule has 1 aliphatic rings. The van der Waals surface area contributed by atoms with Gasteiger partial charge in [-0.15, -0.1) is 10.2 Å². The average molecular weight is 275 g/mol.